The zero-order chi connectivity index (χ0) is 12.5. The van der Waals surface area contributed by atoms with Gasteiger partial charge in [0.25, 0.3) is 0 Å². The van der Waals surface area contributed by atoms with Gasteiger partial charge in [0, 0.05) is 24.8 Å². The van der Waals surface area contributed by atoms with E-state index in [1.165, 1.54) is 0 Å². The maximum atomic E-state index is 9.89. The predicted octanol–water partition coefficient (Wildman–Crippen LogP) is 1.07. The Morgan fingerprint density at radius 2 is 2.18 bits per heavy atom. The number of thiocarbonyl (C=S) groups is 1. The quantitative estimate of drug-likeness (QED) is 0.770. The zero-order valence-corrected chi connectivity index (χ0v) is 10.7. The Bertz CT molecular complexity index is 424. The summed E-state index contributed by atoms with van der Waals surface area (Å²) in [5.41, 5.74) is 5.89. The fourth-order valence-electron chi connectivity index (χ4n) is 1.96. The van der Waals surface area contributed by atoms with Crippen LogP contribution in [0.25, 0.3) is 0 Å². The van der Waals surface area contributed by atoms with Crippen molar-refractivity contribution < 1.29 is 5.11 Å². The Labute approximate surface area is 106 Å². The molecule has 2 heterocycles. The molecule has 1 saturated heterocycles. The van der Waals surface area contributed by atoms with E-state index < -0.39 is 5.60 Å². The molecule has 0 aromatic carbocycles. The fourth-order valence-corrected chi connectivity index (χ4v) is 2.09. The van der Waals surface area contributed by atoms with Crippen molar-refractivity contribution in [1.82, 2.24) is 4.98 Å². The van der Waals surface area contributed by atoms with E-state index in [1.807, 2.05) is 19.1 Å². The van der Waals surface area contributed by atoms with Gasteiger partial charge >= 0.3 is 0 Å². The molecule has 1 aliphatic heterocycles. The number of pyridine rings is 1. The second-order valence-corrected chi connectivity index (χ2v) is 5.19. The summed E-state index contributed by atoms with van der Waals surface area (Å²) in [5, 5.41) is 9.89. The maximum Gasteiger partial charge on any atom is 0.129 e. The van der Waals surface area contributed by atoms with Crippen LogP contribution in [0.1, 0.15) is 25.3 Å². The molecule has 0 aliphatic carbocycles. The summed E-state index contributed by atoms with van der Waals surface area (Å²) in [6, 6.07) is 3.72. The third-order valence-corrected chi connectivity index (χ3v) is 3.43. The molecule has 17 heavy (non-hydrogen) atoms. The Kier molecular flexibility index (Phi) is 3.31. The minimum absolute atomic E-state index is 0.387. The molecule has 0 saturated carbocycles. The second kappa shape index (κ2) is 4.58. The molecule has 0 amide bonds. The van der Waals surface area contributed by atoms with Gasteiger partial charge in [-0.25, -0.2) is 4.98 Å². The molecule has 2 rings (SSSR count). The number of aliphatic hydroxyl groups is 1. The first kappa shape index (κ1) is 12.3. The number of piperidine rings is 1. The van der Waals surface area contributed by atoms with Gasteiger partial charge in [-0.2, -0.15) is 0 Å². The van der Waals surface area contributed by atoms with Crippen LogP contribution in [0, 0.1) is 0 Å². The van der Waals surface area contributed by atoms with E-state index in [0.717, 1.165) is 37.3 Å². The van der Waals surface area contributed by atoms with Crippen molar-refractivity contribution in [3.05, 3.63) is 23.9 Å². The van der Waals surface area contributed by atoms with Crippen LogP contribution in [0.3, 0.4) is 0 Å². The molecule has 1 fully saturated rings. The van der Waals surface area contributed by atoms with Crippen LogP contribution in [0.5, 0.6) is 0 Å². The number of hydrogen-bond donors (Lipinski definition) is 2. The van der Waals surface area contributed by atoms with Crippen LogP contribution >= 0.6 is 12.2 Å². The normalized spacial score (nSPS) is 19.1. The minimum Gasteiger partial charge on any atom is -0.390 e. The highest BCUT2D eigenvalue weighted by atomic mass is 32.1. The lowest BCUT2D eigenvalue weighted by Gasteiger charge is -2.36. The van der Waals surface area contributed by atoms with E-state index in [2.05, 4.69) is 9.88 Å². The first-order valence-corrected chi connectivity index (χ1v) is 6.12. The van der Waals surface area contributed by atoms with Gasteiger partial charge in [0.15, 0.2) is 0 Å². The van der Waals surface area contributed by atoms with Gasteiger partial charge in [0.05, 0.1) is 5.60 Å². The summed E-state index contributed by atoms with van der Waals surface area (Å²) in [6.07, 6.45) is 3.23. The van der Waals surface area contributed by atoms with Gasteiger partial charge in [-0.1, -0.05) is 12.2 Å². The summed E-state index contributed by atoms with van der Waals surface area (Å²) < 4.78 is 0. The monoisotopic (exact) mass is 251 g/mol. The molecule has 1 aromatic heterocycles. The van der Waals surface area contributed by atoms with Gasteiger partial charge in [0.1, 0.15) is 10.8 Å². The van der Waals surface area contributed by atoms with Crippen LogP contribution in [0.15, 0.2) is 18.3 Å². The van der Waals surface area contributed by atoms with E-state index in [1.54, 1.807) is 6.20 Å². The molecule has 0 radical (unpaired) electrons. The Hall–Kier alpha value is -1.20. The van der Waals surface area contributed by atoms with Crippen molar-refractivity contribution in [3.63, 3.8) is 0 Å². The van der Waals surface area contributed by atoms with E-state index in [-0.39, 0.29) is 0 Å². The molecule has 1 aromatic rings. The Morgan fingerprint density at radius 3 is 2.76 bits per heavy atom. The minimum atomic E-state index is -0.544. The Morgan fingerprint density at radius 1 is 1.53 bits per heavy atom. The van der Waals surface area contributed by atoms with Crippen molar-refractivity contribution in [1.29, 1.82) is 0 Å². The standard InChI is InChI=1S/C12H17N3OS/c1-12(16)3-6-15(7-4-12)10-8-9(11(13)17)2-5-14-10/h2,5,8,16H,3-4,6-7H2,1H3,(H2,13,17). The molecule has 1 aliphatic rings. The molecule has 0 unspecified atom stereocenters. The van der Waals surface area contributed by atoms with Gasteiger partial charge in [-0.05, 0) is 31.9 Å². The van der Waals surface area contributed by atoms with Crippen LogP contribution in [-0.4, -0.2) is 33.8 Å². The van der Waals surface area contributed by atoms with Crippen LogP contribution < -0.4 is 10.6 Å². The van der Waals surface area contributed by atoms with E-state index >= 15 is 0 Å². The molecule has 4 nitrogen and oxygen atoms in total. The number of aromatic nitrogens is 1. The maximum absolute atomic E-state index is 9.89. The summed E-state index contributed by atoms with van der Waals surface area (Å²) in [6.45, 7) is 3.49. The van der Waals surface area contributed by atoms with Crippen molar-refractivity contribution in [2.24, 2.45) is 5.73 Å². The van der Waals surface area contributed by atoms with Gasteiger partial charge in [0.2, 0.25) is 0 Å². The first-order valence-electron chi connectivity index (χ1n) is 5.71. The number of hydrogen-bond acceptors (Lipinski definition) is 4. The SMILES string of the molecule is CC1(O)CCN(c2cc(C(N)=S)ccn2)CC1. The lowest BCUT2D eigenvalue weighted by molar-refractivity contribution is 0.0350. The van der Waals surface area contributed by atoms with Gasteiger partial charge in [-0.15, -0.1) is 0 Å². The Balaban J connectivity index is 2.13. The smallest absolute Gasteiger partial charge is 0.129 e. The van der Waals surface area contributed by atoms with Crippen molar-refractivity contribution in [3.8, 4) is 0 Å². The summed E-state index contributed by atoms with van der Waals surface area (Å²) in [5.74, 6) is 0.880. The van der Waals surface area contributed by atoms with E-state index in [4.69, 9.17) is 18.0 Å². The highest BCUT2D eigenvalue weighted by molar-refractivity contribution is 7.80. The summed E-state index contributed by atoms with van der Waals surface area (Å²) in [4.78, 5) is 6.86. The van der Waals surface area contributed by atoms with Crippen LogP contribution in [-0.2, 0) is 0 Å². The molecule has 5 heteroatoms. The third kappa shape index (κ3) is 2.92. The van der Waals surface area contributed by atoms with E-state index in [9.17, 15) is 5.11 Å². The highest BCUT2D eigenvalue weighted by Crippen LogP contribution is 2.24. The molecule has 0 spiro atoms. The molecular weight excluding hydrogens is 234 g/mol. The van der Waals surface area contributed by atoms with Gasteiger partial charge in [-0.3, -0.25) is 0 Å². The predicted molar refractivity (Wildman–Crippen MR) is 72.2 cm³/mol. The lowest BCUT2D eigenvalue weighted by Crippen LogP contribution is -2.42. The second-order valence-electron chi connectivity index (χ2n) is 4.75. The molecule has 3 N–H and O–H groups in total. The largest absolute Gasteiger partial charge is 0.390 e. The number of nitrogens with two attached hydrogens (primary N) is 1. The van der Waals surface area contributed by atoms with Crippen molar-refractivity contribution in [2.45, 2.75) is 25.4 Å². The fraction of sp³-hybridized carbons (Fsp3) is 0.500. The van der Waals surface area contributed by atoms with Crippen molar-refractivity contribution >= 4 is 23.0 Å². The first-order chi connectivity index (χ1) is 7.98. The average Bonchev–Trinajstić information content (AvgIpc) is 2.29. The molecule has 0 atom stereocenters. The lowest BCUT2D eigenvalue weighted by atomic mass is 9.94. The summed E-state index contributed by atoms with van der Waals surface area (Å²) in [7, 11) is 0. The van der Waals surface area contributed by atoms with Gasteiger partial charge < -0.3 is 15.7 Å². The number of rotatable bonds is 2. The van der Waals surface area contributed by atoms with Crippen LogP contribution in [0.2, 0.25) is 0 Å². The molecule has 0 bridgehead atoms. The van der Waals surface area contributed by atoms with Crippen LogP contribution in [0.4, 0.5) is 5.82 Å². The van der Waals surface area contributed by atoms with E-state index in [0.29, 0.717) is 4.99 Å². The van der Waals surface area contributed by atoms with Crippen molar-refractivity contribution in [2.75, 3.05) is 18.0 Å². The number of anilines is 1. The zero-order valence-electron chi connectivity index (χ0n) is 9.89. The third-order valence-electron chi connectivity index (χ3n) is 3.19. The summed E-state index contributed by atoms with van der Waals surface area (Å²) >= 11 is 4.95. The topological polar surface area (TPSA) is 62.4 Å². The average molecular weight is 251 g/mol. The molecular formula is C12H17N3OS. The highest BCUT2D eigenvalue weighted by Gasteiger charge is 2.27. The number of nitrogens with zero attached hydrogens (tertiary/aromatic N) is 2. The molecule has 92 valence electrons.